The molecule has 0 amide bonds. The molecule has 0 aliphatic rings. The fourth-order valence-corrected chi connectivity index (χ4v) is 5.53. The lowest BCUT2D eigenvalue weighted by molar-refractivity contribution is 0.801. The van der Waals surface area contributed by atoms with Gasteiger partial charge in [-0.25, -0.2) is 9.97 Å². The Morgan fingerprint density at radius 2 is 1.82 bits per heavy atom. The molecule has 0 fully saturated rings. The molecular weight excluding hydrogens is 440 g/mol. The molecule has 0 bridgehead atoms. The highest BCUT2D eigenvalue weighted by Crippen LogP contribution is 2.37. The van der Waals surface area contributed by atoms with Crippen molar-refractivity contribution in [3.05, 3.63) is 71.2 Å². The largest absolute Gasteiger partial charge is 0.357 e. The molecule has 0 saturated carbocycles. The number of anilines is 3. The van der Waals surface area contributed by atoms with E-state index >= 15 is 0 Å². The van der Waals surface area contributed by atoms with Gasteiger partial charge in [-0.2, -0.15) is 5.10 Å². The molecule has 6 aromatic rings. The van der Waals surface area contributed by atoms with Gasteiger partial charge in [0.2, 0.25) is 5.95 Å². The fraction of sp³-hybridized carbons (Fsp3) is 0.148. The molecule has 3 aromatic heterocycles. The summed E-state index contributed by atoms with van der Waals surface area (Å²) in [5.74, 6) is 1.48. The van der Waals surface area contributed by atoms with Gasteiger partial charge in [0.15, 0.2) is 5.82 Å². The van der Waals surface area contributed by atoms with Crippen molar-refractivity contribution < 1.29 is 0 Å². The van der Waals surface area contributed by atoms with Crippen LogP contribution in [0.5, 0.6) is 0 Å². The standard InChI is InChI=1S/C27H24N6S/c1-15-5-8-20-25(24(15)17-6-9-22-18(11-17)13-29-27(28-3)31-22)33(4)32-26(20)30-19-7-10-23-21(12-19)16(2)14-34-23/h5-14H,1-4H3,(H,30,32)(H,28,29,31). The zero-order valence-corrected chi connectivity index (χ0v) is 20.3. The molecule has 0 radical (unpaired) electrons. The molecular formula is C27H24N6S. The predicted octanol–water partition coefficient (Wildman–Crippen LogP) is 6.80. The first-order chi connectivity index (χ1) is 16.5. The summed E-state index contributed by atoms with van der Waals surface area (Å²) < 4.78 is 3.27. The maximum atomic E-state index is 4.86. The van der Waals surface area contributed by atoms with Gasteiger partial charge in [0.25, 0.3) is 0 Å². The summed E-state index contributed by atoms with van der Waals surface area (Å²) >= 11 is 1.78. The SMILES string of the molecule is CNc1ncc2cc(-c3c(C)ccc4c(Nc5ccc6scc(C)c6c5)nn(C)c34)ccc2n1. The van der Waals surface area contributed by atoms with Gasteiger partial charge in [-0.05, 0) is 77.7 Å². The average Bonchev–Trinajstić information content (AvgIpc) is 3.37. The van der Waals surface area contributed by atoms with Crippen molar-refractivity contribution in [1.29, 1.82) is 0 Å². The average molecular weight is 465 g/mol. The summed E-state index contributed by atoms with van der Waals surface area (Å²) in [6.07, 6.45) is 1.87. The zero-order valence-electron chi connectivity index (χ0n) is 19.5. The van der Waals surface area contributed by atoms with Crippen LogP contribution in [0, 0.1) is 13.8 Å². The zero-order chi connectivity index (χ0) is 23.4. The molecule has 3 heterocycles. The second-order valence-electron chi connectivity index (χ2n) is 8.60. The van der Waals surface area contributed by atoms with Gasteiger partial charge in [-0.1, -0.05) is 12.1 Å². The van der Waals surface area contributed by atoms with E-state index in [4.69, 9.17) is 5.10 Å². The Labute approximate surface area is 201 Å². The third kappa shape index (κ3) is 3.28. The first-order valence-electron chi connectivity index (χ1n) is 11.2. The van der Waals surface area contributed by atoms with Crippen molar-refractivity contribution in [3.63, 3.8) is 0 Å². The number of nitrogens with zero attached hydrogens (tertiary/aromatic N) is 4. The Bertz CT molecular complexity index is 1710. The summed E-state index contributed by atoms with van der Waals surface area (Å²) in [4.78, 5) is 8.94. The molecule has 168 valence electrons. The van der Waals surface area contributed by atoms with Crippen LogP contribution in [-0.4, -0.2) is 26.8 Å². The molecule has 6 nitrogen and oxygen atoms in total. The number of fused-ring (bicyclic) bond motifs is 3. The van der Waals surface area contributed by atoms with Crippen LogP contribution in [-0.2, 0) is 7.05 Å². The van der Waals surface area contributed by atoms with E-state index in [1.807, 2.05) is 25.0 Å². The maximum Gasteiger partial charge on any atom is 0.222 e. The molecule has 7 heteroatoms. The lowest BCUT2D eigenvalue weighted by Crippen LogP contribution is -1.97. The number of nitrogens with one attached hydrogen (secondary N) is 2. The van der Waals surface area contributed by atoms with E-state index in [0.717, 1.165) is 38.9 Å². The summed E-state index contributed by atoms with van der Waals surface area (Å²) in [5, 5.41) is 17.0. The fourth-order valence-electron chi connectivity index (χ4n) is 4.61. The molecule has 2 N–H and O–H groups in total. The quantitative estimate of drug-likeness (QED) is 0.300. The highest BCUT2D eigenvalue weighted by Gasteiger charge is 2.17. The van der Waals surface area contributed by atoms with Crippen LogP contribution < -0.4 is 10.6 Å². The van der Waals surface area contributed by atoms with E-state index < -0.39 is 0 Å². The molecule has 0 spiro atoms. The van der Waals surface area contributed by atoms with Crippen molar-refractivity contribution in [3.8, 4) is 11.1 Å². The van der Waals surface area contributed by atoms with Crippen LogP contribution in [0.2, 0.25) is 0 Å². The van der Waals surface area contributed by atoms with Crippen LogP contribution >= 0.6 is 11.3 Å². The highest BCUT2D eigenvalue weighted by atomic mass is 32.1. The molecule has 0 aliphatic heterocycles. The molecule has 0 unspecified atom stereocenters. The topological polar surface area (TPSA) is 67.7 Å². The summed E-state index contributed by atoms with van der Waals surface area (Å²) in [6, 6.07) is 17.2. The number of hydrogen-bond acceptors (Lipinski definition) is 6. The third-order valence-corrected chi connectivity index (χ3v) is 7.42. The summed E-state index contributed by atoms with van der Waals surface area (Å²) in [6.45, 7) is 4.30. The van der Waals surface area contributed by atoms with Crippen LogP contribution in [0.15, 0.2) is 60.1 Å². The summed E-state index contributed by atoms with van der Waals surface area (Å²) in [5.41, 5.74) is 7.85. The minimum atomic E-state index is 0.622. The van der Waals surface area contributed by atoms with Gasteiger partial charge in [0, 0.05) is 47.0 Å². The van der Waals surface area contributed by atoms with Gasteiger partial charge in [0.05, 0.1) is 11.0 Å². The smallest absolute Gasteiger partial charge is 0.222 e. The molecule has 0 aliphatic carbocycles. The molecule has 6 rings (SSSR count). The third-order valence-electron chi connectivity index (χ3n) is 6.34. The van der Waals surface area contributed by atoms with Gasteiger partial charge >= 0.3 is 0 Å². The van der Waals surface area contributed by atoms with Crippen molar-refractivity contribution >= 4 is 60.7 Å². The second-order valence-corrected chi connectivity index (χ2v) is 9.51. The van der Waals surface area contributed by atoms with Crippen molar-refractivity contribution in [2.75, 3.05) is 17.7 Å². The second kappa shape index (κ2) is 7.81. The van der Waals surface area contributed by atoms with Crippen LogP contribution in [0.3, 0.4) is 0 Å². The minimum absolute atomic E-state index is 0.622. The lowest BCUT2D eigenvalue weighted by atomic mass is 9.96. The van der Waals surface area contributed by atoms with E-state index in [9.17, 15) is 0 Å². The Morgan fingerprint density at radius 3 is 2.68 bits per heavy atom. The van der Waals surface area contributed by atoms with E-state index in [1.54, 1.807) is 11.3 Å². The molecule has 3 aromatic carbocycles. The van der Waals surface area contributed by atoms with Crippen molar-refractivity contribution in [2.24, 2.45) is 7.05 Å². The Hall–Kier alpha value is -3.97. The van der Waals surface area contributed by atoms with E-state index in [-0.39, 0.29) is 0 Å². The number of rotatable bonds is 4. The number of aryl methyl sites for hydroxylation is 3. The highest BCUT2D eigenvalue weighted by molar-refractivity contribution is 7.17. The van der Waals surface area contributed by atoms with Gasteiger partial charge in [0.1, 0.15) is 0 Å². The van der Waals surface area contributed by atoms with Gasteiger partial charge in [-0.3, -0.25) is 4.68 Å². The van der Waals surface area contributed by atoms with E-state index in [2.05, 4.69) is 88.4 Å². The molecule has 0 saturated heterocycles. The van der Waals surface area contributed by atoms with E-state index in [1.165, 1.54) is 26.8 Å². The molecule has 0 atom stereocenters. The van der Waals surface area contributed by atoms with Crippen LogP contribution in [0.4, 0.5) is 17.5 Å². The van der Waals surface area contributed by atoms with Crippen molar-refractivity contribution in [1.82, 2.24) is 19.7 Å². The predicted molar refractivity (Wildman–Crippen MR) is 143 cm³/mol. The van der Waals surface area contributed by atoms with Gasteiger partial charge in [-0.15, -0.1) is 11.3 Å². The maximum absolute atomic E-state index is 4.86. The number of hydrogen-bond donors (Lipinski definition) is 2. The van der Waals surface area contributed by atoms with Gasteiger partial charge < -0.3 is 10.6 Å². The molecule has 34 heavy (non-hydrogen) atoms. The Kier molecular flexibility index (Phi) is 4.74. The minimum Gasteiger partial charge on any atom is -0.357 e. The lowest BCUT2D eigenvalue weighted by Gasteiger charge is -2.11. The van der Waals surface area contributed by atoms with Crippen molar-refractivity contribution in [2.45, 2.75) is 13.8 Å². The van der Waals surface area contributed by atoms with Crippen LogP contribution in [0.1, 0.15) is 11.1 Å². The number of benzene rings is 3. The first-order valence-corrected chi connectivity index (χ1v) is 12.1. The van der Waals surface area contributed by atoms with E-state index in [0.29, 0.717) is 5.95 Å². The summed E-state index contributed by atoms with van der Waals surface area (Å²) in [7, 11) is 3.83. The first kappa shape index (κ1) is 20.6. The normalized spacial score (nSPS) is 11.5. The van der Waals surface area contributed by atoms with Crippen LogP contribution in [0.25, 0.3) is 43.0 Å². The Balaban J connectivity index is 1.47. The number of aromatic nitrogens is 4. The monoisotopic (exact) mass is 464 g/mol. The number of thiophene rings is 1. The Morgan fingerprint density at radius 1 is 0.941 bits per heavy atom.